The number of ether oxygens (including phenoxy) is 3. The van der Waals surface area contributed by atoms with Gasteiger partial charge in [0.05, 0.1) is 14.2 Å². The van der Waals surface area contributed by atoms with E-state index in [-0.39, 0.29) is 5.91 Å². The molecule has 0 radical (unpaired) electrons. The standard InChI is InChI=1S/C20H22N2O5/c1-25-17-7-3-4-8-18(17)27-15-11-9-14(10-12-15)21-19(23)16-6-5-13-22(16)20(24)26-2/h3-4,7-12,16H,5-6,13H2,1-2H3,(H,21,23). The molecule has 1 N–H and O–H groups in total. The van der Waals surface area contributed by atoms with E-state index in [0.29, 0.717) is 35.9 Å². The van der Waals surface area contributed by atoms with Gasteiger partial charge in [0.2, 0.25) is 5.91 Å². The van der Waals surface area contributed by atoms with Gasteiger partial charge in [0.1, 0.15) is 11.8 Å². The first-order valence-corrected chi connectivity index (χ1v) is 8.68. The number of nitrogens with one attached hydrogen (secondary N) is 1. The molecule has 1 atom stereocenters. The van der Waals surface area contributed by atoms with Gasteiger partial charge in [-0.2, -0.15) is 0 Å². The second kappa shape index (κ2) is 8.44. The first kappa shape index (κ1) is 18.6. The zero-order valence-corrected chi connectivity index (χ0v) is 15.3. The monoisotopic (exact) mass is 370 g/mol. The van der Waals surface area contributed by atoms with E-state index in [1.54, 1.807) is 31.4 Å². The van der Waals surface area contributed by atoms with Gasteiger partial charge in [-0.25, -0.2) is 4.79 Å². The predicted octanol–water partition coefficient (Wildman–Crippen LogP) is 3.66. The second-order valence-corrected chi connectivity index (χ2v) is 6.09. The van der Waals surface area contributed by atoms with E-state index in [1.165, 1.54) is 12.0 Å². The van der Waals surface area contributed by atoms with E-state index in [4.69, 9.17) is 14.2 Å². The molecule has 1 unspecified atom stereocenters. The number of amides is 2. The highest BCUT2D eigenvalue weighted by Crippen LogP contribution is 2.31. The lowest BCUT2D eigenvalue weighted by Gasteiger charge is -2.22. The van der Waals surface area contributed by atoms with Gasteiger partial charge in [-0.3, -0.25) is 9.69 Å². The van der Waals surface area contributed by atoms with Crippen molar-refractivity contribution in [3.05, 3.63) is 48.5 Å². The molecule has 0 spiro atoms. The number of rotatable bonds is 5. The van der Waals surface area contributed by atoms with E-state index >= 15 is 0 Å². The van der Waals surface area contributed by atoms with E-state index in [2.05, 4.69) is 5.32 Å². The van der Waals surface area contributed by atoms with Crippen molar-refractivity contribution in [3.63, 3.8) is 0 Å². The minimum Gasteiger partial charge on any atom is -0.493 e. The Bertz CT molecular complexity index is 806. The van der Waals surface area contributed by atoms with Gasteiger partial charge in [0.15, 0.2) is 11.5 Å². The Morgan fingerprint density at radius 3 is 2.41 bits per heavy atom. The molecule has 0 saturated carbocycles. The topological polar surface area (TPSA) is 77.1 Å². The SMILES string of the molecule is COC(=O)N1CCCC1C(=O)Nc1ccc(Oc2ccccc2OC)cc1. The summed E-state index contributed by atoms with van der Waals surface area (Å²) in [7, 11) is 2.90. The molecule has 27 heavy (non-hydrogen) atoms. The van der Waals surface area contributed by atoms with Crippen LogP contribution in [-0.2, 0) is 9.53 Å². The number of anilines is 1. The van der Waals surface area contributed by atoms with Gasteiger partial charge in [-0.15, -0.1) is 0 Å². The number of carbonyl (C=O) groups is 2. The highest BCUT2D eigenvalue weighted by molar-refractivity contribution is 5.96. The quantitative estimate of drug-likeness (QED) is 0.869. The summed E-state index contributed by atoms with van der Waals surface area (Å²) in [6, 6.07) is 13.9. The van der Waals surface area contributed by atoms with Crippen LogP contribution >= 0.6 is 0 Å². The molecule has 3 rings (SSSR count). The second-order valence-electron chi connectivity index (χ2n) is 6.09. The Hall–Kier alpha value is -3.22. The fraction of sp³-hybridized carbons (Fsp3) is 0.300. The molecule has 0 bridgehead atoms. The maximum absolute atomic E-state index is 12.5. The molecule has 2 aromatic rings. The van der Waals surface area contributed by atoms with Crippen LogP contribution in [-0.4, -0.2) is 43.7 Å². The molecule has 7 heteroatoms. The van der Waals surface area contributed by atoms with Gasteiger partial charge in [0.25, 0.3) is 0 Å². The Morgan fingerprint density at radius 1 is 1.04 bits per heavy atom. The van der Waals surface area contributed by atoms with Crippen LogP contribution in [0.15, 0.2) is 48.5 Å². The van der Waals surface area contributed by atoms with Crippen molar-refractivity contribution in [2.45, 2.75) is 18.9 Å². The van der Waals surface area contributed by atoms with Crippen molar-refractivity contribution < 1.29 is 23.8 Å². The summed E-state index contributed by atoms with van der Waals surface area (Å²) >= 11 is 0. The third-order valence-corrected chi connectivity index (χ3v) is 4.38. The Labute approximate surface area is 157 Å². The Morgan fingerprint density at radius 2 is 1.74 bits per heavy atom. The minimum atomic E-state index is -0.512. The Kier molecular flexibility index (Phi) is 5.80. The molecular formula is C20H22N2O5. The van der Waals surface area contributed by atoms with Crippen molar-refractivity contribution in [1.29, 1.82) is 0 Å². The number of carbonyl (C=O) groups excluding carboxylic acids is 2. The first-order chi connectivity index (χ1) is 13.1. The van der Waals surface area contributed by atoms with Gasteiger partial charge < -0.3 is 19.5 Å². The van der Waals surface area contributed by atoms with E-state index in [9.17, 15) is 9.59 Å². The summed E-state index contributed by atoms with van der Waals surface area (Å²) in [5.74, 6) is 1.64. The van der Waals surface area contributed by atoms with Gasteiger partial charge in [-0.05, 0) is 49.2 Å². The molecule has 2 amide bonds. The number of hydrogen-bond acceptors (Lipinski definition) is 5. The number of nitrogens with zero attached hydrogens (tertiary/aromatic N) is 1. The van der Waals surface area contributed by atoms with Crippen LogP contribution in [0, 0.1) is 0 Å². The van der Waals surface area contributed by atoms with E-state index in [1.807, 2.05) is 24.3 Å². The van der Waals surface area contributed by atoms with E-state index < -0.39 is 12.1 Å². The van der Waals surface area contributed by atoms with Crippen LogP contribution in [0.25, 0.3) is 0 Å². The first-order valence-electron chi connectivity index (χ1n) is 8.68. The molecule has 7 nitrogen and oxygen atoms in total. The molecule has 0 aliphatic carbocycles. The smallest absolute Gasteiger partial charge is 0.410 e. The van der Waals surface area contributed by atoms with Crippen molar-refractivity contribution in [1.82, 2.24) is 4.90 Å². The van der Waals surface area contributed by atoms with Crippen LogP contribution in [0.4, 0.5) is 10.5 Å². The summed E-state index contributed by atoms with van der Waals surface area (Å²) in [4.78, 5) is 25.7. The number of para-hydroxylation sites is 2. The van der Waals surface area contributed by atoms with E-state index in [0.717, 1.165) is 6.42 Å². The average molecular weight is 370 g/mol. The van der Waals surface area contributed by atoms with Crippen LogP contribution in [0.5, 0.6) is 17.2 Å². The van der Waals surface area contributed by atoms with Crippen molar-refractivity contribution >= 4 is 17.7 Å². The van der Waals surface area contributed by atoms with Gasteiger partial charge >= 0.3 is 6.09 Å². The van der Waals surface area contributed by atoms with Crippen LogP contribution in [0.3, 0.4) is 0 Å². The highest BCUT2D eigenvalue weighted by atomic mass is 16.5. The summed E-state index contributed by atoms with van der Waals surface area (Å²) in [6.07, 6.45) is 0.919. The predicted molar refractivity (Wildman–Crippen MR) is 100 cm³/mol. The zero-order chi connectivity index (χ0) is 19.2. The van der Waals surface area contributed by atoms with Crippen molar-refractivity contribution in [2.75, 3.05) is 26.1 Å². The maximum atomic E-state index is 12.5. The summed E-state index contributed by atoms with van der Waals surface area (Å²) in [5, 5.41) is 2.84. The fourth-order valence-corrected chi connectivity index (χ4v) is 3.04. The third-order valence-electron chi connectivity index (χ3n) is 4.38. The lowest BCUT2D eigenvalue weighted by Crippen LogP contribution is -2.43. The average Bonchev–Trinajstić information content (AvgIpc) is 3.19. The minimum absolute atomic E-state index is 0.226. The third kappa shape index (κ3) is 4.31. The summed E-state index contributed by atoms with van der Waals surface area (Å²) in [5.41, 5.74) is 0.629. The molecule has 1 heterocycles. The molecule has 1 aliphatic heterocycles. The molecule has 1 fully saturated rings. The van der Waals surface area contributed by atoms with Crippen LogP contribution < -0.4 is 14.8 Å². The van der Waals surface area contributed by atoms with Gasteiger partial charge in [0, 0.05) is 12.2 Å². The normalized spacial score (nSPS) is 15.9. The summed E-state index contributed by atoms with van der Waals surface area (Å²) in [6.45, 7) is 0.524. The molecular weight excluding hydrogens is 348 g/mol. The van der Waals surface area contributed by atoms with Crippen molar-refractivity contribution in [2.24, 2.45) is 0 Å². The number of benzene rings is 2. The number of hydrogen-bond donors (Lipinski definition) is 1. The molecule has 0 aromatic heterocycles. The maximum Gasteiger partial charge on any atom is 0.410 e. The van der Waals surface area contributed by atoms with Crippen molar-refractivity contribution in [3.8, 4) is 17.2 Å². The number of methoxy groups -OCH3 is 2. The molecule has 142 valence electrons. The molecule has 1 aliphatic rings. The molecule has 1 saturated heterocycles. The highest BCUT2D eigenvalue weighted by Gasteiger charge is 2.34. The largest absolute Gasteiger partial charge is 0.493 e. The van der Waals surface area contributed by atoms with Gasteiger partial charge in [-0.1, -0.05) is 12.1 Å². The summed E-state index contributed by atoms with van der Waals surface area (Å²) < 4.78 is 15.8. The van der Waals surface area contributed by atoms with Crippen LogP contribution in [0.2, 0.25) is 0 Å². The zero-order valence-electron chi connectivity index (χ0n) is 15.3. The lowest BCUT2D eigenvalue weighted by atomic mass is 10.2. The Balaban J connectivity index is 1.64. The molecule has 2 aromatic carbocycles. The number of likely N-dealkylation sites (tertiary alicyclic amines) is 1. The van der Waals surface area contributed by atoms with Crippen LogP contribution in [0.1, 0.15) is 12.8 Å². The fourth-order valence-electron chi connectivity index (χ4n) is 3.04. The lowest BCUT2D eigenvalue weighted by molar-refractivity contribution is -0.119.